The molecule has 1 aliphatic heterocycles. The van der Waals surface area contributed by atoms with E-state index >= 15 is 0 Å². The predicted octanol–water partition coefficient (Wildman–Crippen LogP) is -1.36. The minimum absolute atomic E-state index is 0.161. The third-order valence-corrected chi connectivity index (χ3v) is 1.62. The molecule has 1 rings (SSSR count). The van der Waals surface area contributed by atoms with Crippen molar-refractivity contribution in [3.8, 4) is 0 Å². The van der Waals surface area contributed by atoms with Gasteiger partial charge in [-0.3, -0.25) is 14.5 Å². The van der Waals surface area contributed by atoms with Crippen molar-refractivity contribution in [1.29, 1.82) is 0 Å². The fourth-order valence-corrected chi connectivity index (χ4v) is 0.973. The molecule has 7 nitrogen and oxygen atoms in total. The summed E-state index contributed by atoms with van der Waals surface area (Å²) < 4.78 is 4.58. The second-order valence-corrected chi connectivity index (χ2v) is 2.71. The zero-order valence-corrected chi connectivity index (χ0v) is 7.36. The molecule has 0 aromatic carbocycles. The van der Waals surface area contributed by atoms with Gasteiger partial charge in [0.25, 0.3) is 0 Å². The Bertz CT molecular complexity index is 265. The molecule has 0 atom stereocenters. The summed E-state index contributed by atoms with van der Waals surface area (Å²) in [5.74, 6) is -1.63. The van der Waals surface area contributed by atoms with Crippen LogP contribution in [-0.4, -0.2) is 54.2 Å². The molecular formula is C7H10N2O5. The van der Waals surface area contributed by atoms with Gasteiger partial charge in [-0.25, -0.2) is 4.79 Å². The van der Waals surface area contributed by atoms with Crippen molar-refractivity contribution in [3.63, 3.8) is 0 Å². The van der Waals surface area contributed by atoms with Crippen LogP contribution < -0.4 is 5.32 Å². The normalized spacial score (nSPS) is 15.1. The van der Waals surface area contributed by atoms with E-state index in [-0.39, 0.29) is 13.2 Å². The smallest absolute Gasteiger partial charge is 0.410 e. The van der Waals surface area contributed by atoms with Crippen molar-refractivity contribution < 1.29 is 24.2 Å². The number of nitrogens with one attached hydrogen (secondary N) is 1. The average Bonchev–Trinajstić information content (AvgIpc) is 2.49. The number of carboxylic acids is 1. The minimum Gasteiger partial charge on any atom is -0.480 e. The highest BCUT2D eigenvalue weighted by Crippen LogP contribution is 2.01. The fraction of sp³-hybridized carbons (Fsp3) is 0.571. The largest absolute Gasteiger partial charge is 0.480 e. The van der Waals surface area contributed by atoms with E-state index in [4.69, 9.17) is 5.11 Å². The number of hydrogen-bond acceptors (Lipinski definition) is 4. The topological polar surface area (TPSA) is 95.9 Å². The van der Waals surface area contributed by atoms with Crippen LogP contribution >= 0.6 is 0 Å². The van der Waals surface area contributed by atoms with Crippen molar-refractivity contribution in [3.05, 3.63) is 0 Å². The van der Waals surface area contributed by atoms with Crippen LogP contribution in [0.3, 0.4) is 0 Å². The van der Waals surface area contributed by atoms with Gasteiger partial charge in [0, 0.05) is 0 Å². The molecule has 0 unspecified atom stereocenters. The third-order valence-electron chi connectivity index (χ3n) is 1.62. The van der Waals surface area contributed by atoms with Crippen LogP contribution in [-0.2, 0) is 14.3 Å². The first-order valence-electron chi connectivity index (χ1n) is 4.00. The molecule has 0 spiro atoms. The second-order valence-electron chi connectivity index (χ2n) is 2.71. The van der Waals surface area contributed by atoms with Gasteiger partial charge in [0.05, 0.1) is 6.54 Å². The molecule has 1 aliphatic rings. The molecule has 0 radical (unpaired) electrons. The van der Waals surface area contributed by atoms with Gasteiger partial charge in [0.1, 0.15) is 19.7 Å². The fourth-order valence-electron chi connectivity index (χ4n) is 0.973. The Labute approximate surface area is 79.6 Å². The first-order valence-corrected chi connectivity index (χ1v) is 4.00. The summed E-state index contributed by atoms with van der Waals surface area (Å²) >= 11 is 0. The molecule has 2 N–H and O–H groups in total. The van der Waals surface area contributed by atoms with E-state index in [0.29, 0.717) is 6.54 Å². The highest BCUT2D eigenvalue weighted by atomic mass is 16.6. The SMILES string of the molecule is O=C(O)CNC(=O)CN1CCOC1=O. The Morgan fingerprint density at radius 3 is 2.79 bits per heavy atom. The van der Waals surface area contributed by atoms with E-state index in [0.717, 1.165) is 0 Å². The van der Waals surface area contributed by atoms with Gasteiger partial charge >= 0.3 is 12.1 Å². The van der Waals surface area contributed by atoms with E-state index < -0.39 is 24.5 Å². The lowest BCUT2D eigenvalue weighted by Crippen LogP contribution is -2.39. The lowest BCUT2D eigenvalue weighted by molar-refractivity contribution is -0.138. The molecule has 0 aromatic rings. The number of cyclic esters (lactones) is 1. The minimum atomic E-state index is -1.12. The van der Waals surface area contributed by atoms with Crippen LogP contribution in [0.25, 0.3) is 0 Å². The van der Waals surface area contributed by atoms with Crippen LogP contribution in [0.1, 0.15) is 0 Å². The van der Waals surface area contributed by atoms with Gasteiger partial charge in [0.2, 0.25) is 5.91 Å². The highest BCUT2D eigenvalue weighted by Gasteiger charge is 2.23. The molecule has 1 fully saturated rings. The third kappa shape index (κ3) is 2.92. The van der Waals surface area contributed by atoms with E-state index in [9.17, 15) is 14.4 Å². The number of carboxylic acid groups (broad SMARTS) is 1. The van der Waals surface area contributed by atoms with Crippen LogP contribution in [0.5, 0.6) is 0 Å². The second kappa shape index (κ2) is 4.45. The quantitative estimate of drug-likeness (QED) is 0.587. The molecule has 0 bridgehead atoms. The zero-order chi connectivity index (χ0) is 10.6. The molecule has 1 saturated heterocycles. The molecule has 0 aliphatic carbocycles. The first kappa shape index (κ1) is 10.3. The zero-order valence-electron chi connectivity index (χ0n) is 7.36. The Balaban J connectivity index is 2.26. The van der Waals surface area contributed by atoms with Crippen LogP contribution in [0.4, 0.5) is 4.79 Å². The number of carbonyl (C=O) groups is 3. The van der Waals surface area contributed by atoms with Crippen LogP contribution in [0, 0.1) is 0 Å². The summed E-state index contributed by atoms with van der Waals surface area (Å²) in [6.07, 6.45) is -0.546. The Morgan fingerprint density at radius 1 is 1.57 bits per heavy atom. The van der Waals surface area contributed by atoms with Gasteiger partial charge in [-0.2, -0.15) is 0 Å². The Morgan fingerprint density at radius 2 is 2.29 bits per heavy atom. The van der Waals surface area contributed by atoms with Crippen LogP contribution in [0.15, 0.2) is 0 Å². The number of ether oxygens (including phenoxy) is 1. The van der Waals surface area contributed by atoms with Gasteiger partial charge in [-0.05, 0) is 0 Å². The van der Waals surface area contributed by atoms with E-state index in [2.05, 4.69) is 10.1 Å². The van der Waals surface area contributed by atoms with Gasteiger partial charge in [0.15, 0.2) is 0 Å². The maximum atomic E-state index is 11.0. The summed E-state index contributed by atoms with van der Waals surface area (Å²) in [7, 11) is 0. The van der Waals surface area contributed by atoms with Crippen molar-refractivity contribution >= 4 is 18.0 Å². The van der Waals surface area contributed by atoms with Crippen LogP contribution in [0.2, 0.25) is 0 Å². The molecule has 2 amide bonds. The summed E-state index contributed by atoms with van der Waals surface area (Å²) in [4.78, 5) is 33.2. The molecular weight excluding hydrogens is 192 g/mol. The molecule has 14 heavy (non-hydrogen) atoms. The van der Waals surface area contributed by atoms with E-state index in [1.807, 2.05) is 0 Å². The summed E-state index contributed by atoms with van der Waals surface area (Å²) in [5, 5.41) is 10.4. The summed E-state index contributed by atoms with van der Waals surface area (Å²) in [5.41, 5.74) is 0. The Kier molecular flexibility index (Phi) is 3.27. The summed E-state index contributed by atoms with van der Waals surface area (Å²) in [6, 6.07) is 0. The molecule has 0 aromatic heterocycles. The number of hydrogen-bond donors (Lipinski definition) is 2. The highest BCUT2D eigenvalue weighted by molar-refractivity contribution is 5.85. The van der Waals surface area contributed by atoms with E-state index in [1.165, 1.54) is 4.90 Å². The number of aliphatic carboxylic acids is 1. The van der Waals surface area contributed by atoms with Crippen molar-refractivity contribution in [2.24, 2.45) is 0 Å². The number of carbonyl (C=O) groups excluding carboxylic acids is 2. The lowest BCUT2D eigenvalue weighted by atomic mass is 10.5. The lowest BCUT2D eigenvalue weighted by Gasteiger charge is -2.11. The van der Waals surface area contributed by atoms with E-state index in [1.54, 1.807) is 0 Å². The van der Waals surface area contributed by atoms with Crippen molar-refractivity contribution in [2.45, 2.75) is 0 Å². The number of rotatable bonds is 4. The standard InChI is InChI=1S/C7H10N2O5/c10-5(8-3-6(11)12)4-9-1-2-14-7(9)13/h1-4H2,(H,8,10)(H,11,12). The van der Waals surface area contributed by atoms with Crippen molar-refractivity contribution in [2.75, 3.05) is 26.2 Å². The predicted molar refractivity (Wildman–Crippen MR) is 43.6 cm³/mol. The van der Waals surface area contributed by atoms with Crippen molar-refractivity contribution in [1.82, 2.24) is 10.2 Å². The van der Waals surface area contributed by atoms with Gasteiger partial charge in [-0.15, -0.1) is 0 Å². The first-order chi connectivity index (χ1) is 6.59. The molecule has 7 heteroatoms. The monoisotopic (exact) mass is 202 g/mol. The molecule has 78 valence electrons. The average molecular weight is 202 g/mol. The maximum Gasteiger partial charge on any atom is 0.410 e. The van der Waals surface area contributed by atoms with Gasteiger partial charge in [-0.1, -0.05) is 0 Å². The molecule has 1 heterocycles. The summed E-state index contributed by atoms with van der Waals surface area (Å²) in [6.45, 7) is 0.0260. The maximum absolute atomic E-state index is 11.0. The molecule has 0 saturated carbocycles. The number of nitrogens with zero attached hydrogens (tertiary/aromatic N) is 1. The van der Waals surface area contributed by atoms with Gasteiger partial charge < -0.3 is 15.2 Å². The Hall–Kier alpha value is -1.79. The number of amides is 2.